The number of nitrogens with zero attached hydrogens (tertiary/aromatic N) is 2. The standard InChI is InChI=1S/C10H8N2O.C2H6/c1-12-6-9-7(5-11)3-2-4-8(9)10(12)13;1-2/h2-4H,6H2,1H3;1-2H3. The van der Waals surface area contributed by atoms with Crippen LogP contribution in [0.15, 0.2) is 18.2 Å². The lowest BCUT2D eigenvalue weighted by molar-refractivity contribution is 0.0816. The zero-order valence-electron chi connectivity index (χ0n) is 9.24. The van der Waals surface area contributed by atoms with Crippen molar-refractivity contribution in [2.75, 3.05) is 7.05 Å². The van der Waals surface area contributed by atoms with E-state index in [4.69, 9.17) is 5.26 Å². The predicted octanol–water partition coefficient (Wildman–Crippen LogP) is 2.17. The van der Waals surface area contributed by atoms with E-state index in [9.17, 15) is 4.79 Å². The molecule has 15 heavy (non-hydrogen) atoms. The smallest absolute Gasteiger partial charge is 0.254 e. The van der Waals surface area contributed by atoms with Crippen molar-refractivity contribution in [2.24, 2.45) is 0 Å². The van der Waals surface area contributed by atoms with Gasteiger partial charge in [-0.2, -0.15) is 5.26 Å². The van der Waals surface area contributed by atoms with Crippen LogP contribution < -0.4 is 0 Å². The molecule has 1 heterocycles. The fourth-order valence-electron chi connectivity index (χ4n) is 1.58. The number of amides is 1. The van der Waals surface area contributed by atoms with Gasteiger partial charge in [-0.1, -0.05) is 19.9 Å². The molecule has 1 aliphatic rings. The highest BCUT2D eigenvalue weighted by Gasteiger charge is 2.25. The number of fused-ring (bicyclic) bond motifs is 1. The maximum atomic E-state index is 11.5. The fourth-order valence-corrected chi connectivity index (χ4v) is 1.58. The lowest BCUT2D eigenvalue weighted by Gasteiger charge is -2.04. The number of carbonyl (C=O) groups excluding carboxylic acids is 1. The Labute approximate surface area is 89.9 Å². The van der Waals surface area contributed by atoms with Gasteiger partial charge in [-0.25, -0.2) is 0 Å². The zero-order chi connectivity index (χ0) is 11.4. The second-order valence-electron chi connectivity index (χ2n) is 3.10. The number of hydrogen-bond acceptors (Lipinski definition) is 2. The van der Waals surface area contributed by atoms with E-state index in [0.717, 1.165) is 5.56 Å². The summed E-state index contributed by atoms with van der Waals surface area (Å²) in [6.07, 6.45) is 0. The fraction of sp³-hybridized carbons (Fsp3) is 0.333. The van der Waals surface area contributed by atoms with Crippen LogP contribution in [0.3, 0.4) is 0 Å². The van der Waals surface area contributed by atoms with E-state index < -0.39 is 0 Å². The Morgan fingerprint density at radius 1 is 1.40 bits per heavy atom. The van der Waals surface area contributed by atoms with Gasteiger partial charge in [0.15, 0.2) is 0 Å². The summed E-state index contributed by atoms with van der Waals surface area (Å²) in [7, 11) is 1.74. The Kier molecular flexibility index (Phi) is 3.46. The van der Waals surface area contributed by atoms with E-state index in [1.165, 1.54) is 0 Å². The number of carbonyl (C=O) groups is 1. The Balaban J connectivity index is 0.000000531. The zero-order valence-corrected chi connectivity index (χ0v) is 9.24. The molecule has 0 spiro atoms. The molecule has 0 atom stereocenters. The molecular formula is C12H14N2O. The van der Waals surface area contributed by atoms with Gasteiger partial charge in [-0.15, -0.1) is 0 Å². The molecule has 1 aromatic rings. The summed E-state index contributed by atoms with van der Waals surface area (Å²) in [6, 6.07) is 7.34. The molecule has 78 valence electrons. The van der Waals surface area contributed by atoms with Crippen LogP contribution >= 0.6 is 0 Å². The molecule has 3 heteroatoms. The van der Waals surface area contributed by atoms with Gasteiger partial charge < -0.3 is 4.90 Å². The lowest BCUT2D eigenvalue weighted by Crippen LogP contribution is -2.17. The summed E-state index contributed by atoms with van der Waals surface area (Å²) in [5.74, 6) is 0.00657. The third-order valence-electron chi connectivity index (χ3n) is 2.27. The van der Waals surface area contributed by atoms with Crippen molar-refractivity contribution in [3.63, 3.8) is 0 Å². The summed E-state index contributed by atoms with van der Waals surface area (Å²) in [6.45, 7) is 4.55. The summed E-state index contributed by atoms with van der Waals surface area (Å²) in [5, 5.41) is 8.79. The molecule has 0 saturated carbocycles. The first-order valence-electron chi connectivity index (χ1n) is 5.01. The van der Waals surface area contributed by atoms with Gasteiger partial charge in [-0.3, -0.25) is 4.79 Å². The van der Waals surface area contributed by atoms with Crippen LogP contribution in [0.4, 0.5) is 0 Å². The number of benzene rings is 1. The molecule has 1 aliphatic heterocycles. The first-order chi connectivity index (χ1) is 7.24. The van der Waals surface area contributed by atoms with Gasteiger partial charge in [0, 0.05) is 24.7 Å². The van der Waals surface area contributed by atoms with Crippen molar-refractivity contribution >= 4 is 5.91 Å². The maximum Gasteiger partial charge on any atom is 0.254 e. The maximum absolute atomic E-state index is 11.5. The highest BCUT2D eigenvalue weighted by atomic mass is 16.2. The Hall–Kier alpha value is -1.82. The monoisotopic (exact) mass is 202 g/mol. The molecule has 2 rings (SSSR count). The average Bonchev–Trinajstić information content (AvgIpc) is 2.58. The minimum atomic E-state index is 0.00657. The summed E-state index contributed by atoms with van der Waals surface area (Å²) >= 11 is 0. The van der Waals surface area contributed by atoms with E-state index >= 15 is 0 Å². The Morgan fingerprint density at radius 2 is 2.07 bits per heavy atom. The molecule has 0 N–H and O–H groups in total. The van der Waals surface area contributed by atoms with Crippen LogP contribution in [0.2, 0.25) is 0 Å². The van der Waals surface area contributed by atoms with Crippen molar-refractivity contribution in [1.82, 2.24) is 4.90 Å². The second kappa shape index (κ2) is 4.61. The van der Waals surface area contributed by atoms with E-state index in [0.29, 0.717) is 17.7 Å². The van der Waals surface area contributed by atoms with Crippen molar-refractivity contribution in [3.8, 4) is 6.07 Å². The van der Waals surface area contributed by atoms with Crippen LogP contribution in [-0.4, -0.2) is 17.9 Å². The number of nitriles is 1. The number of hydrogen-bond donors (Lipinski definition) is 0. The lowest BCUT2D eigenvalue weighted by atomic mass is 10.0. The molecule has 1 amide bonds. The van der Waals surface area contributed by atoms with Crippen LogP contribution in [0.5, 0.6) is 0 Å². The van der Waals surface area contributed by atoms with Crippen LogP contribution in [-0.2, 0) is 6.54 Å². The van der Waals surface area contributed by atoms with E-state index in [1.807, 2.05) is 13.8 Å². The summed E-state index contributed by atoms with van der Waals surface area (Å²) in [5.41, 5.74) is 2.13. The normalized spacial score (nSPS) is 12.7. The summed E-state index contributed by atoms with van der Waals surface area (Å²) in [4.78, 5) is 13.1. The molecule has 0 aromatic heterocycles. The van der Waals surface area contributed by atoms with Crippen molar-refractivity contribution in [3.05, 3.63) is 34.9 Å². The highest BCUT2D eigenvalue weighted by molar-refractivity contribution is 5.98. The molecule has 0 bridgehead atoms. The molecular weight excluding hydrogens is 188 g/mol. The number of rotatable bonds is 0. The third kappa shape index (κ3) is 1.84. The molecule has 0 aliphatic carbocycles. The van der Waals surface area contributed by atoms with Gasteiger partial charge in [0.05, 0.1) is 11.6 Å². The Morgan fingerprint density at radius 3 is 2.67 bits per heavy atom. The molecule has 0 radical (unpaired) electrons. The minimum absolute atomic E-state index is 0.00657. The van der Waals surface area contributed by atoms with Crippen molar-refractivity contribution < 1.29 is 4.79 Å². The first kappa shape index (κ1) is 11.3. The first-order valence-corrected chi connectivity index (χ1v) is 5.01. The summed E-state index contributed by atoms with van der Waals surface area (Å²) < 4.78 is 0. The second-order valence-corrected chi connectivity index (χ2v) is 3.10. The van der Waals surface area contributed by atoms with Gasteiger partial charge in [0.1, 0.15) is 0 Å². The molecule has 0 unspecified atom stereocenters. The van der Waals surface area contributed by atoms with Gasteiger partial charge in [0.25, 0.3) is 5.91 Å². The van der Waals surface area contributed by atoms with Crippen LogP contribution in [0.1, 0.15) is 35.3 Å². The molecule has 0 saturated heterocycles. The van der Waals surface area contributed by atoms with Crippen molar-refractivity contribution in [1.29, 1.82) is 5.26 Å². The van der Waals surface area contributed by atoms with Gasteiger partial charge >= 0.3 is 0 Å². The largest absolute Gasteiger partial charge is 0.337 e. The quantitative estimate of drug-likeness (QED) is 0.647. The minimum Gasteiger partial charge on any atom is -0.337 e. The van der Waals surface area contributed by atoms with E-state index in [1.54, 1.807) is 30.1 Å². The SMILES string of the molecule is CC.CN1Cc2c(C#N)cccc2C1=O. The topological polar surface area (TPSA) is 44.1 Å². The van der Waals surface area contributed by atoms with E-state index in [-0.39, 0.29) is 5.91 Å². The van der Waals surface area contributed by atoms with Gasteiger partial charge in [0.2, 0.25) is 0 Å². The van der Waals surface area contributed by atoms with Crippen LogP contribution in [0.25, 0.3) is 0 Å². The highest BCUT2D eigenvalue weighted by Crippen LogP contribution is 2.23. The molecule has 3 nitrogen and oxygen atoms in total. The Bertz CT molecular complexity index is 418. The van der Waals surface area contributed by atoms with Crippen molar-refractivity contribution in [2.45, 2.75) is 20.4 Å². The van der Waals surface area contributed by atoms with Gasteiger partial charge in [-0.05, 0) is 12.1 Å². The molecule has 1 aromatic carbocycles. The van der Waals surface area contributed by atoms with E-state index in [2.05, 4.69) is 6.07 Å². The molecule has 0 fully saturated rings. The third-order valence-corrected chi connectivity index (χ3v) is 2.27. The average molecular weight is 202 g/mol. The predicted molar refractivity (Wildman–Crippen MR) is 58.3 cm³/mol. The van der Waals surface area contributed by atoms with Crippen LogP contribution in [0, 0.1) is 11.3 Å².